The first-order chi connectivity index (χ1) is 9.96. The lowest BCUT2D eigenvalue weighted by Gasteiger charge is -2.42. The third-order valence-electron chi connectivity index (χ3n) is 3.69. The molecule has 0 saturated carbocycles. The second-order valence-electron chi connectivity index (χ2n) is 6.36. The molecule has 3 atom stereocenters. The zero-order chi connectivity index (χ0) is 17.6. The van der Waals surface area contributed by atoms with Gasteiger partial charge in [0.25, 0.3) is 0 Å². The van der Waals surface area contributed by atoms with Gasteiger partial charge in [0.05, 0.1) is 17.9 Å². The summed E-state index contributed by atoms with van der Waals surface area (Å²) in [5.41, 5.74) is 3.36. The van der Waals surface area contributed by atoms with Crippen LogP contribution in [-0.4, -0.2) is 40.9 Å². The summed E-state index contributed by atoms with van der Waals surface area (Å²) in [6.45, 7) is 11.7. The summed E-state index contributed by atoms with van der Waals surface area (Å²) in [4.78, 5) is 23.2. The lowest BCUT2D eigenvalue weighted by atomic mass is 9.76. The van der Waals surface area contributed by atoms with Gasteiger partial charge in [-0.25, -0.2) is 4.79 Å². The predicted octanol–water partition coefficient (Wildman–Crippen LogP) is 1.55. The van der Waals surface area contributed by atoms with Gasteiger partial charge in [0.2, 0.25) is 0 Å². The van der Waals surface area contributed by atoms with E-state index in [9.17, 15) is 14.7 Å². The van der Waals surface area contributed by atoms with E-state index in [-0.39, 0.29) is 19.1 Å². The quantitative estimate of drug-likeness (QED) is 0.495. The molecule has 0 rings (SSSR count). The molecule has 0 fully saturated rings. The minimum Gasteiger partial charge on any atom is -0.465 e. The van der Waals surface area contributed by atoms with Gasteiger partial charge in [0, 0.05) is 12.1 Å². The molecule has 0 spiro atoms. The van der Waals surface area contributed by atoms with Crippen molar-refractivity contribution in [3.8, 4) is 0 Å². The average Bonchev–Trinajstić information content (AvgIpc) is 2.36. The minimum absolute atomic E-state index is 0.0657. The van der Waals surface area contributed by atoms with Crippen LogP contribution < -0.4 is 5.73 Å². The normalized spacial score (nSPS) is 17.0. The summed E-state index contributed by atoms with van der Waals surface area (Å²) in [5.74, 6) is -1.62. The summed E-state index contributed by atoms with van der Waals surface area (Å²) in [5, 5.41) is 10.4. The molecular formula is C16H29NO5. The maximum absolute atomic E-state index is 11.7. The van der Waals surface area contributed by atoms with Gasteiger partial charge in [0.1, 0.15) is 12.2 Å². The smallest absolute Gasteiger partial charge is 0.330 e. The number of ether oxygens (including phenoxy) is 2. The van der Waals surface area contributed by atoms with Crippen molar-refractivity contribution in [2.45, 2.75) is 64.7 Å². The highest BCUT2D eigenvalue weighted by molar-refractivity contribution is 5.81. The zero-order valence-electron chi connectivity index (χ0n) is 14.2. The number of rotatable bonds is 9. The van der Waals surface area contributed by atoms with Crippen LogP contribution in [0.3, 0.4) is 0 Å². The molecule has 0 aromatic rings. The van der Waals surface area contributed by atoms with E-state index in [1.54, 1.807) is 27.7 Å². The molecule has 0 aromatic heterocycles. The number of carbonyl (C=O) groups is 2. The highest BCUT2D eigenvalue weighted by atomic mass is 16.6. The molecule has 3 unspecified atom stereocenters. The van der Waals surface area contributed by atoms with Crippen molar-refractivity contribution in [3.63, 3.8) is 0 Å². The Bertz CT molecular complexity index is 400. The summed E-state index contributed by atoms with van der Waals surface area (Å²) in [7, 11) is 0. The van der Waals surface area contributed by atoms with Gasteiger partial charge in [-0.1, -0.05) is 13.5 Å². The van der Waals surface area contributed by atoms with Crippen LogP contribution in [0.2, 0.25) is 0 Å². The number of nitrogens with two attached hydrogens (primary N) is 1. The second-order valence-corrected chi connectivity index (χ2v) is 6.36. The molecule has 6 nitrogen and oxygen atoms in total. The molecular weight excluding hydrogens is 286 g/mol. The molecule has 0 bridgehead atoms. The van der Waals surface area contributed by atoms with Crippen molar-refractivity contribution < 1.29 is 24.2 Å². The summed E-state index contributed by atoms with van der Waals surface area (Å²) >= 11 is 0. The molecule has 0 heterocycles. The maximum Gasteiger partial charge on any atom is 0.330 e. The Morgan fingerprint density at radius 1 is 1.36 bits per heavy atom. The fourth-order valence-electron chi connectivity index (χ4n) is 2.29. The van der Waals surface area contributed by atoms with Crippen molar-refractivity contribution >= 4 is 11.9 Å². The Morgan fingerprint density at radius 2 is 1.91 bits per heavy atom. The van der Waals surface area contributed by atoms with E-state index < -0.39 is 29.1 Å². The van der Waals surface area contributed by atoms with Gasteiger partial charge in [0.15, 0.2) is 0 Å². The first-order valence-corrected chi connectivity index (χ1v) is 7.45. The van der Waals surface area contributed by atoms with Crippen LogP contribution in [0.25, 0.3) is 0 Å². The van der Waals surface area contributed by atoms with Crippen LogP contribution in [0.5, 0.6) is 0 Å². The van der Waals surface area contributed by atoms with Crippen molar-refractivity contribution in [3.05, 3.63) is 12.7 Å². The lowest BCUT2D eigenvalue weighted by molar-refractivity contribution is -0.180. The van der Waals surface area contributed by atoms with Crippen LogP contribution in [0.15, 0.2) is 12.7 Å². The highest BCUT2D eigenvalue weighted by Gasteiger charge is 2.45. The molecule has 22 heavy (non-hydrogen) atoms. The van der Waals surface area contributed by atoms with E-state index in [2.05, 4.69) is 6.58 Å². The molecule has 0 amide bonds. The SMILES string of the molecule is C=CC(=O)OC(C)(CC)C(COC(=O)CC(C)N)C(C)(C)O. The molecule has 0 aliphatic carbocycles. The highest BCUT2D eigenvalue weighted by Crippen LogP contribution is 2.34. The molecule has 3 N–H and O–H groups in total. The van der Waals surface area contributed by atoms with E-state index in [0.717, 1.165) is 6.08 Å². The first kappa shape index (κ1) is 20.6. The van der Waals surface area contributed by atoms with Crippen LogP contribution >= 0.6 is 0 Å². The fraction of sp³-hybridized carbons (Fsp3) is 0.750. The third kappa shape index (κ3) is 6.58. The summed E-state index contributed by atoms with van der Waals surface area (Å²) < 4.78 is 10.6. The standard InChI is InChI=1S/C16H29NO5/c1-7-13(18)22-16(6,8-2)12(15(4,5)20)10-21-14(19)9-11(3)17/h7,11-12,20H,1,8-10,17H2,2-6H3. The average molecular weight is 315 g/mol. The minimum atomic E-state index is -1.21. The molecule has 0 radical (unpaired) electrons. The van der Waals surface area contributed by atoms with Gasteiger partial charge < -0.3 is 20.3 Å². The Morgan fingerprint density at radius 3 is 2.27 bits per heavy atom. The number of hydrogen-bond donors (Lipinski definition) is 2. The zero-order valence-corrected chi connectivity index (χ0v) is 14.2. The van der Waals surface area contributed by atoms with Gasteiger partial charge in [-0.3, -0.25) is 4.79 Å². The first-order valence-electron chi connectivity index (χ1n) is 7.45. The van der Waals surface area contributed by atoms with Crippen molar-refractivity contribution in [2.24, 2.45) is 11.7 Å². The summed E-state index contributed by atoms with van der Waals surface area (Å²) in [6, 6.07) is -0.302. The molecule has 128 valence electrons. The summed E-state index contributed by atoms with van der Waals surface area (Å²) in [6.07, 6.45) is 1.61. The van der Waals surface area contributed by atoms with Gasteiger partial charge >= 0.3 is 11.9 Å². The predicted molar refractivity (Wildman–Crippen MR) is 84.0 cm³/mol. The van der Waals surface area contributed by atoms with Crippen LogP contribution in [-0.2, 0) is 19.1 Å². The van der Waals surface area contributed by atoms with Gasteiger partial charge in [-0.05, 0) is 34.1 Å². The van der Waals surface area contributed by atoms with Crippen molar-refractivity contribution in [2.75, 3.05) is 6.61 Å². The Labute approximate surface area is 132 Å². The van der Waals surface area contributed by atoms with Crippen molar-refractivity contribution in [1.29, 1.82) is 0 Å². The van der Waals surface area contributed by atoms with Crippen molar-refractivity contribution in [1.82, 2.24) is 0 Å². The Balaban J connectivity index is 5.14. The fourth-order valence-corrected chi connectivity index (χ4v) is 2.29. The Kier molecular flexibility index (Phi) is 7.76. The third-order valence-corrected chi connectivity index (χ3v) is 3.69. The van der Waals surface area contributed by atoms with E-state index in [1.807, 2.05) is 6.92 Å². The van der Waals surface area contributed by atoms with Gasteiger partial charge in [-0.2, -0.15) is 0 Å². The monoisotopic (exact) mass is 315 g/mol. The van der Waals surface area contributed by atoms with E-state index in [0.29, 0.717) is 6.42 Å². The number of carbonyl (C=O) groups excluding carboxylic acids is 2. The molecule has 6 heteroatoms. The number of hydrogen-bond acceptors (Lipinski definition) is 6. The molecule has 0 saturated heterocycles. The maximum atomic E-state index is 11.7. The van der Waals surface area contributed by atoms with E-state index in [4.69, 9.17) is 15.2 Å². The largest absolute Gasteiger partial charge is 0.465 e. The Hall–Kier alpha value is -1.40. The molecule has 0 aromatic carbocycles. The molecule has 0 aliphatic rings. The lowest BCUT2D eigenvalue weighted by Crippen LogP contribution is -2.52. The van der Waals surface area contributed by atoms with Crippen LogP contribution in [0.1, 0.15) is 47.5 Å². The second kappa shape index (κ2) is 8.29. The number of esters is 2. The number of aliphatic hydroxyl groups is 1. The topological polar surface area (TPSA) is 98.9 Å². The van der Waals surface area contributed by atoms with E-state index in [1.165, 1.54) is 0 Å². The van der Waals surface area contributed by atoms with E-state index >= 15 is 0 Å². The van der Waals surface area contributed by atoms with Gasteiger partial charge in [-0.15, -0.1) is 0 Å². The van der Waals surface area contributed by atoms with Crippen LogP contribution in [0, 0.1) is 5.92 Å². The van der Waals surface area contributed by atoms with Crippen LogP contribution in [0.4, 0.5) is 0 Å². The molecule has 0 aliphatic heterocycles.